The van der Waals surface area contributed by atoms with Gasteiger partial charge in [-0.15, -0.1) is 5.92 Å². The molecule has 0 fully saturated rings. The molecule has 32 heavy (non-hydrogen) atoms. The van der Waals surface area contributed by atoms with Crippen LogP contribution >= 0.6 is 0 Å². The van der Waals surface area contributed by atoms with Gasteiger partial charge in [0.25, 0.3) is 5.56 Å². The van der Waals surface area contributed by atoms with E-state index in [4.69, 9.17) is 0 Å². The van der Waals surface area contributed by atoms with Gasteiger partial charge in [0, 0.05) is 30.6 Å². The van der Waals surface area contributed by atoms with E-state index in [2.05, 4.69) is 39.9 Å². The molecule has 0 unspecified atom stereocenters. The average Bonchev–Trinajstić information content (AvgIpc) is 3.18. The summed E-state index contributed by atoms with van der Waals surface area (Å²) in [5, 5.41) is 15.8. The Balaban J connectivity index is 1.85. The van der Waals surface area contributed by atoms with E-state index in [9.17, 15) is 10.1 Å². The molecule has 160 valence electrons. The second kappa shape index (κ2) is 8.91. The average molecular weight is 425 g/mol. The summed E-state index contributed by atoms with van der Waals surface area (Å²) in [5.41, 5.74) is 1.63. The normalized spacial score (nSPS) is 10.7. The fourth-order valence-corrected chi connectivity index (χ4v) is 3.81. The lowest BCUT2D eigenvalue weighted by molar-refractivity contribution is 0.631. The van der Waals surface area contributed by atoms with E-state index < -0.39 is 0 Å². The number of fused-ring (bicyclic) bond motifs is 2. The maximum Gasteiger partial charge on any atom is 0.293 e. The van der Waals surface area contributed by atoms with Gasteiger partial charge in [0.2, 0.25) is 5.95 Å². The minimum Gasteiger partial charge on any atom is -0.345 e. The second-order valence-electron chi connectivity index (χ2n) is 7.47. The van der Waals surface area contributed by atoms with Gasteiger partial charge in [-0.1, -0.05) is 37.1 Å². The molecule has 0 saturated carbocycles. The first kappa shape index (κ1) is 21.1. The number of hydrogen-bond donors (Lipinski definition) is 0. The van der Waals surface area contributed by atoms with E-state index in [0.29, 0.717) is 34.8 Å². The van der Waals surface area contributed by atoms with Crippen molar-refractivity contribution in [3.8, 4) is 17.9 Å². The van der Waals surface area contributed by atoms with Crippen LogP contribution in [0.25, 0.3) is 21.8 Å². The SMILES string of the molecule is CC#CCn1c(N(C)CCC)nc2cnn(Cc3ncc4ccccc4c3C#N)c(=O)c21. The Morgan fingerprint density at radius 3 is 2.78 bits per heavy atom. The van der Waals surface area contributed by atoms with E-state index in [0.717, 1.165) is 23.7 Å². The van der Waals surface area contributed by atoms with E-state index in [1.54, 1.807) is 19.3 Å². The van der Waals surface area contributed by atoms with Gasteiger partial charge in [-0.3, -0.25) is 14.3 Å². The van der Waals surface area contributed by atoms with Crippen molar-refractivity contribution in [2.75, 3.05) is 18.5 Å². The van der Waals surface area contributed by atoms with Crippen molar-refractivity contribution in [1.29, 1.82) is 5.26 Å². The first-order valence-electron chi connectivity index (χ1n) is 10.4. The van der Waals surface area contributed by atoms with Crippen molar-refractivity contribution in [3.63, 3.8) is 0 Å². The molecule has 8 nitrogen and oxygen atoms in total. The Morgan fingerprint density at radius 1 is 1.22 bits per heavy atom. The zero-order chi connectivity index (χ0) is 22.7. The van der Waals surface area contributed by atoms with Crippen LogP contribution in [-0.2, 0) is 13.1 Å². The Kier molecular flexibility index (Phi) is 5.87. The number of rotatable bonds is 6. The number of benzene rings is 1. The highest BCUT2D eigenvalue weighted by Crippen LogP contribution is 2.21. The van der Waals surface area contributed by atoms with Crippen LogP contribution in [0.15, 0.2) is 41.5 Å². The van der Waals surface area contributed by atoms with Gasteiger partial charge in [-0.2, -0.15) is 10.4 Å². The molecule has 0 atom stereocenters. The molecule has 0 amide bonds. The highest BCUT2D eigenvalue weighted by atomic mass is 16.1. The van der Waals surface area contributed by atoms with Gasteiger partial charge < -0.3 is 4.90 Å². The minimum absolute atomic E-state index is 0.0905. The van der Waals surface area contributed by atoms with E-state index >= 15 is 0 Å². The number of pyridine rings is 1. The van der Waals surface area contributed by atoms with Crippen molar-refractivity contribution in [2.24, 2.45) is 0 Å². The smallest absolute Gasteiger partial charge is 0.293 e. The third kappa shape index (κ3) is 3.67. The van der Waals surface area contributed by atoms with Crippen LogP contribution < -0.4 is 10.5 Å². The molecule has 0 saturated heterocycles. The van der Waals surface area contributed by atoms with Crippen LogP contribution in [0.4, 0.5) is 5.95 Å². The third-order valence-corrected chi connectivity index (χ3v) is 5.33. The number of hydrogen-bond acceptors (Lipinski definition) is 6. The van der Waals surface area contributed by atoms with E-state index in [1.165, 1.54) is 4.68 Å². The van der Waals surface area contributed by atoms with E-state index in [-0.39, 0.29) is 12.1 Å². The number of imidazole rings is 1. The fourth-order valence-electron chi connectivity index (χ4n) is 3.81. The van der Waals surface area contributed by atoms with Gasteiger partial charge in [-0.25, -0.2) is 9.67 Å². The molecule has 0 radical (unpaired) electrons. The van der Waals surface area contributed by atoms with Crippen LogP contribution in [-0.4, -0.2) is 37.9 Å². The molecule has 4 rings (SSSR count). The van der Waals surface area contributed by atoms with Crippen LogP contribution in [0.5, 0.6) is 0 Å². The number of nitrogens with zero attached hydrogens (tertiary/aromatic N) is 7. The number of aromatic nitrogens is 5. The zero-order valence-corrected chi connectivity index (χ0v) is 18.3. The maximum absolute atomic E-state index is 13.4. The summed E-state index contributed by atoms with van der Waals surface area (Å²) in [6, 6.07) is 9.81. The summed E-state index contributed by atoms with van der Waals surface area (Å²) in [7, 11) is 1.95. The first-order valence-corrected chi connectivity index (χ1v) is 10.4. The van der Waals surface area contributed by atoms with Gasteiger partial charge in [-0.05, 0) is 13.3 Å². The molecule has 3 heterocycles. The minimum atomic E-state index is -0.289. The Morgan fingerprint density at radius 2 is 2.03 bits per heavy atom. The van der Waals surface area contributed by atoms with Crippen molar-refractivity contribution in [3.05, 3.63) is 58.3 Å². The fraction of sp³-hybridized carbons (Fsp3) is 0.292. The van der Waals surface area contributed by atoms with Gasteiger partial charge >= 0.3 is 0 Å². The van der Waals surface area contributed by atoms with Crippen molar-refractivity contribution >= 4 is 27.8 Å². The molecule has 8 heteroatoms. The first-order chi connectivity index (χ1) is 15.6. The molecule has 0 spiro atoms. The molecule has 4 aromatic rings. The summed E-state index contributed by atoms with van der Waals surface area (Å²) < 4.78 is 3.17. The Labute approximate surface area is 185 Å². The monoisotopic (exact) mass is 425 g/mol. The van der Waals surface area contributed by atoms with Crippen molar-refractivity contribution in [2.45, 2.75) is 33.4 Å². The Hall–Kier alpha value is -4.17. The van der Waals surface area contributed by atoms with Crippen LogP contribution in [0.1, 0.15) is 31.5 Å². The molecular formula is C24H23N7O. The van der Waals surface area contributed by atoms with Crippen LogP contribution in [0, 0.1) is 23.2 Å². The maximum atomic E-state index is 13.4. The number of anilines is 1. The molecular weight excluding hydrogens is 402 g/mol. The number of nitriles is 1. The van der Waals surface area contributed by atoms with Crippen molar-refractivity contribution in [1.82, 2.24) is 24.3 Å². The molecule has 0 aliphatic heterocycles. The van der Waals surface area contributed by atoms with E-state index in [1.807, 2.05) is 40.8 Å². The van der Waals surface area contributed by atoms with Gasteiger partial charge in [0.15, 0.2) is 0 Å². The lowest BCUT2D eigenvalue weighted by Crippen LogP contribution is -2.27. The van der Waals surface area contributed by atoms with Gasteiger partial charge in [0.05, 0.1) is 30.5 Å². The van der Waals surface area contributed by atoms with Gasteiger partial charge in [0.1, 0.15) is 17.1 Å². The Bertz CT molecular complexity index is 1460. The highest BCUT2D eigenvalue weighted by Gasteiger charge is 2.19. The molecule has 0 bridgehead atoms. The summed E-state index contributed by atoms with van der Waals surface area (Å²) >= 11 is 0. The second-order valence-corrected chi connectivity index (χ2v) is 7.47. The van der Waals surface area contributed by atoms with Crippen LogP contribution in [0.3, 0.4) is 0 Å². The largest absolute Gasteiger partial charge is 0.345 e. The highest BCUT2D eigenvalue weighted by molar-refractivity contribution is 5.87. The summed E-state index contributed by atoms with van der Waals surface area (Å²) in [5.74, 6) is 6.61. The molecule has 0 N–H and O–H groups in total. The summed E-state index contributed by atoms with van der Waals surface area (Å²) in [6.07, 6.45) is 4.25. The molecule has 0 aliphatic rings. The quantitative estimate of drug-likeness (QED) is 0.441. The summed E-state index contributed by atoms with van der Waals surface area (Å²) in [6.45, 7) is 5.11. The van der Waals surface area contributed by atoms with Crippen LogP contribution in [0.2, 0.25) is 0 Å². The predicted molar refractivity (Wildman–Crippen MR) is 124 cm³/mol. The standard InChI is InChI=1S/C24H23N7O/c1-4-6-12-30-22-20(28-24(30)29(3)11-5-2)15-27-31(23(22)32)16-21-19(13-25)18-10-8-7-9-17(18)14-26-21/h7-10,14-15H,5,11-12,16H2,1-3H3. The predicted octanol–water partition coefficient (Wildman–Crippen LogP) is 2.93. The zero-order valence-electron chi connectivity index (χ0n) is 18.3. The molecule has 3 aromatic heterocycles. The third-order valence-electron chi connectivity index (χ3n) is 5.33. The lowest BCUT2D eigenvalue weighted by atomic mass is 10.1. The summed E-state index contributed by atoms with van der Waals surface area (Å²) in [4.78, 5) is 24.5. The molecule has 0 aliphatic carbocycles. The molecule has 1 aromatic carbocycles. The van der Waals surface area contributed by atoms with Crippen molar-refractivity contribution < 1.29 is 0 Å². The lowest BCUT2D eigenvalue weighted by Gasteiger charge is -2.18. The topological polar surface area (TPSA) is 92.6 Å².